The number of rotatable bonds is 9. The molecule has 1 fully saturated rings. The van der Waals surface area contributed by atoms with E-state index in [0.29, 0.717) is 18.8 Å². The highest BCUT2D eigenvalue weighted by Crippen LogP contribution is 2.46. The zero-order chi connectivity index (χ0) is 19.8. The van der Waals surface area contributed by atoms with E-state index in [1.807, 2.05) is 13.0 Å². The van der Waals surface area contributed by atoms with Gasteiger partial charge in [0.25, 0.3) is 0 Å². The van der Waals surface area contributed by atoms with E-state index in [4.69, 9.17) is 4.84 Å². The van der Waals surface area contributed by atoms with Crippen molar-refractivity contribution in [2.45, 2.75) is 45.6 Å². The lowest BCUT2D eigenvalue weighted by molar-refractivity contribution is -0.142. The molecule has 0 saturated heterocycles. The third-order valence-electron chi connectivity index (χ3n) is 5.25. The summed E-state index contributed by atoms with van der Waals surface area (Å²) in [5, 5.41) is 10.4. The van der Waals surface area contributed by atoms with Gasteiger partial charge in [-0.1, -0.05) is 19.1 Å². The van der Waals surface area contributed by atoms with E-state index in [2.05, 4.69) is 28.1 Å². The molecule has 2 aliphatic carbocycles. The number of ether oxygens (including phenoxy) is 1. The van der Waals surface area contributed by atoms with Crippen molar-refractivity contribution < 1.29 is 24.3 Å². The SMILES string of the molecule is CC#CCC(C)C(=O)C=C[C@H]1[C@@H]2C=C(NOCCC(=O)OC)C[C@H]2C[C@@H]1O. The number of nitrogens with one attached hydrogen (secondary N) is 1. The minimum absolute atomic E-state index is 0.0415. The fraction of sp³-hybridized carbons (Fsp3) is 0.619. The van der Waals surface area contributed by atoms with Crippen molar-refractivity contribution >= 4 is 11.8 Å². The number of carbonyl (C=O) groups excluding carboxylic acids is 2. The van der Waals surface area contributed by atoms with Crippen molar-refractivity contribution in [3.8, 4) is 11.8 Å². The van der Waals surface area contributed by atoms with Crippen molar-refractivity contribution in [1.82, 2.24) is 5.48 Å². The van der Waals surface area contributed by atoms with Crippen LogP contribution in [0.25, 0.3) is 0 Å². The Morgan fingerprint density at radius 3 is 2.96 bits per heavy atom. The number of allylic oxidation sites excluding steroid dienone is 3. The molecule has 2 aliphatic rings. The molecule has 1 unspecified atom stereocenters. The molecular formula is C21H29NO5. The van der Waals surface area contributed by atoms with Crippen LogP contribution in [0.2, 0.25) is 0 Å². The monoisotopic (exact) mass is 375 g/mol. The van der Waals surface area contributed by atoms with Crippen molar-refractivity contribution in [2.24, 2.45) is 23.7 Å². The zero-order valence-electron chi connectivity index (χ0n) is 16.2. The number of hydrogen-bond donors (Lipinski definition) is 2. The standard InChI is InChI=1S/C21H29NO5/c1-4-5-6-14(2)19(23)8-7-17-18-13-16(11-15(18)12-20(17)24)22-27-10-9-21(25)26-3/h7-8,13-15,17-18,20,22,24H,6,9-12H2,1-3H3/t14?,15-,17-,18+,20-/m0/s1. The normalized spacial score (nSPS) is 27.5. The largest absolute Gasteiger partial charge is 0.469 e. The van der Waals surface area contributed by atoms with E-state index in [9.17, 15) is 14.7 Å². The van der Waals surface area contributed by atoms with Crippen LogP contribution in [-0.2, 0) is 19.2 Å². The molecule has 0 amide bonds. The van der Waals surface area contributed by atoms with Crippen LogP contribution >= 0.6 is 0 Å². The van der Waals surface area contributed by atoms with Crippen LogP contribution in [0.5, 0.6) is 0 Å². The summed E-state index contributed by atoms with van der Waals surface area (Å²) >= 11 is 0. The number of carbonyl (C=O) groups is 2. The van der Waals surface area contributed by atoms with Gasteiger partial charge < -0.3 is 9.84 Å². The third-order valence-corrected chi connectivity index (χ3v) is 5.25. The molecule has 0 bridgehead atoms. The minimum Gasteiger partial charge on any atom is -0.469 e. The molecule has 2 rings (SSSR count). The number of ketones is 1. The zero-order valence-corrected chi connectivity index (χ0v) is 16.2. The number of hydroxylamine groups is 1. The van der Waals surface area contributed by atoms with Gasteiger partial charge in [0.05, 0.1) is 26.2 Å². The van der Waals surface area contributed by atoms with E-state index in [1.54, 1.807) is 13.0 Å². The predicted octanol–water partition coefficient (Wildman–Crippen LogP) is 2.15. The molecular weight excluding hydrogens is 346 g/mol. The first-order chi connectivity index (χ1) is 13.0. The second kappa shape index (κ2) is 10.3. The first kappa shape index (κ1) is 21.2. The number of fused-ring (bicyclic) bond motifs is 1. The molecule has 0 aromatic heterocycles. The molecule has 6 heteroatoms. The Hall–Kier alpha value is -2.10. The van der Waals surface area contributed by atoms with Crippen molar-refractivity contribution in [3.05, 3.63) is 23.9 Å². The van der Waals surface area contributed by atoms with Gasteiger partial charge in [0.15, 0.2) is 5.78 Å². The van der Waals surface area contributed by atoms with E-state index in [-0.39, 0.29) is 42.5 Å². The van der Waals surface area contributed by atoms with Gasteiger partial charge in [0.2, 0.25) is 0 Å². The Bertz CT molecular complexity index is 657. The van der Waals surface area contributed by atoms with E-state index < -0.39 is 6.10 Å². The van der Waals surface area contributed by atoms with Gasteiger partial charge in [-0.2, -0.15) is 0 Å². The van der Waals surface area contributed by atoms with Gasteiger partial charge in [0.1, 0.15) is 0 Å². The second-order valence-corrected chi connectivity index (χ2v) is 7.18. The molecule has 0 aliphatic heterocycles. The Kier molecular flexibility index (Phi) is 8.08. The topological polar surface area (TPSA) is 84.9 Å². The molecule has 0 spiro atoms. The van der Waals surface area contributed by atoms with E-state index >= 15 is 0 Å². The Balaban J connectivity index is 1.88. The molecule has 5 atom stereocenters. The van der Waals surface area contributed by atoms with E-state index in [0.717, 1.165) is 12.1 Å². The van der Waals surface area contributed by atoms with Crippen LogP contribution in [0.3, 0.4) is 0 Å². The van der Waals surface area contributed by atoms with Crippen LogP contribution in [0, 0.1) is 35.5 Å². The van der Waals surface area contributed by atoms with Gasteiger partial charge >= 0.3 is 5.97 Å². The molecule has 1 saturated carbocycles. The maximum atomic E-state index is 12.2. The Morgan fingerprint density at radius 2 is 2.26 bits per heavy atom. The summed E-state index contributed by atoms with van der Waals surface area (Å²) in [7, 11) is 1.35. The molecule has 148 valence electrons. The lowest BCUT2D eigenvalue weighted by Crippen LogP contribution is -2.19. The van der Waals surface area contributed by atoms with Crippen LogP contribution in [0.1, 0.15) is 39.5 Å². The van der Waals surface area contributed by atoms with Crippen molar-refractivity contribution in [2.75, 3.05) is 13.7 Å². The predicted molar refractivity (Wildman–Crippen MR) is 101 cm³/mol. The minimum atomic E-state index is -0.437. The van der Waals surface area contributed by atoms with Gasteiger partial charge in [-0.15, -0.1) is 11.8 Å². The van der Waals surface area contributed by atoms with Crippen molar-refractivity contribution in [1.29, 1.82) is 0 Å². The van der Waals surface area contributed by atoms with Crippen LogP contribution < -0.4 is 5.48 Å². The lowest BCUT2D eigenvalue weighted by atomic mass is 9.90. The Morgan fingerprint density at radius 1 is 1.48 bits per heavy atom. The molecule has 0 aromatic carbocycles. The lowest BCUT2D eigenvalue weighted by Gasteiger charge is -2.15. The quantitative estimate of drug-likeness (QED) is 0.211. The summed E-state index contributed by atoms with van der Waals surface area (Å²) in [5.41, 5.74) is 3.85. The van der Waals surface area contributed by atoms with Crippen LogP contribution in [0.15, 0.2) is 23.9 Å². The maximum absolute atomic E-state index is 12.2. The smallest absolute Gasteiger partial charge is 0.307 e. The highest BCUT2D eigenvalue weighted by molar-refractivity contribution is 5.91. The fourth-order valence-corrected chi connectivity index (χ4v) is 3.68. The Labute approximate surface area is 160 Å². The molecule has 27 heavy (non-hydrogen) atoms. The first-order valence-corrected chi connectivity index (χ1v) is 9.41. The summed E-state index contributed by atoms with van der Waals surface area (Å²) in [4.78, 5) is 28.6. The summed E-state index contributed by atoms with van der Waals surface area (Å²) in [6, 6.07) is 0. The fourth-order valence-electron chi connectivity index (χ4n) is 3.68. The van der Waals surface area contributed by atoms with Gasteiger partial charge in [0, 0.05) is 24.0 Å². The second-order valence-electron chi connectivity index (χ2n) is 7.18. The molecule has 0 radical (unpaired) electrons. The van der Waals surface area contributed by atoms with Gasteiger partial charge in [-0.3, -0.25) is 19.9 Å². The number of methoxy groups -OCH3 is 1. The molecule has 0 heterocycles. The van der Waals surface area contributed by atoms with Crippen molar-refractivity contribution in [3.63, 3.8) is 0 Å². The molecule has 0 aromatic rings. The van der Waals surface area contributed by atoms with Gasteiger partial charge in [-0.25, -0.2) is 0 Å². The maximum Gasteiger partial charge on any atom is 0.307 e. The summed E-state index contributed by atoms with van der Waals surface area (Å²) in [6.07, 6.45) is 7.33. The summed E-state index contributed by atoms with van der Waals surface area (Å²) in [5.74, 6) is 5.77. The molecule has 2 N–H and O–H groups in total. The van der Waals surface area contributed by atoms with Crippen LogP contribution in [0.4, 0.5) is 0 Å². The number of hydrogen-bond acceptors (Lipinski definition) is 6. The van der Waals surface area contributed by atoms with Gasteiger partial charge in [-0.05, 0) is 37.7 Å². The third kappa shape index (κ3) is 5.95. The number of esters is 1. The summed E-state index contributed by atoms with van der Waals surface area (Å²) in [6.45, 7) is 3.87. The van der Waals surface area contributed by atoms with Crippen LogP contribution in [-0.4, -0.2) is 36.7 Å². The number of aliphatic hydroxyl groups is 1. The summed E-state index contributed by atoms with van der Waals surface area (Å²) < 4.78 is 4.56. The highest BCUT2D eigenvalue weighted by Gasteiger charge is 2.43. The number of aliphatic hydroxyl groups excluding tert-OH is 1. The first-order valence-electron chi connectivity index (χ1n) is 9.41. The highest BCUT2D eigenvalue weighted by atomic mass is 16.6. The molecule has 6 nitrogen and oxygen atoms in total. The average Bonchev–Trinajstić information content (AvgIpc) is 3.17. The van der Waals surface area contributed by atoms with E-state index in [1.165, 1.54) is 7.11 Å². The average molecular weight is 375 g/mol.